The first kappa shape index (κ1) is 17.6. The number of carbonyl (C=O) groups excluding carboxylic acids is 1. The Morgan fingerprint density at radius 3 is 2.64 bits per heavy atom. The Bertz CT molecular complexity index is 872. The van der Waals surface area contributed by atoms with Crippen molar-refractivity contribution in [3.8, 4) is 0 Å². The van der Waals surface area contributed by atoms with Gasteiger partial charge in [-0.3, -0.25) is 4.79 Å². The number of thiophene rings is 1. The first-order chi connectivity index (χ1) is 11.9. The maximum Gasteiger partial charge on any atom is 0.283 e. The monoisotopic (exact) mass is 377 g/mol. The Kier molecular flexibility index (Phi) is 5.19. The van der Waals surface area contributed by atoms with Gasteiger partial charge in [-0.1, -0.05) is 6.07 Å². The predicted molar refractivity (Wildman–Crippen MR) is 99.6 cm³/mol. The summed E-state index contributed by atoms with van der Waals surface area (Å²) in [4.78, 5) is 14.9. The maximum atomic E-state index is 12.4. The van der Waals surface area contributed by atoms with Crippen LogP contribution >= 0.6 is 11.3 Å². The van der Waals surface area contributed by atoms with Crippen molar-refractivity contribution in [1.29, 1.82) is 0 Å². The Morgan fingerprint density at radius 1 is 1.28 bits per heavy atom. The number of hydrogen-bond donors (Lipinski definition) is 1. The van der Waals surface area contributed by atoms with Gasteiger partial charge >= 0.3 is 0 Å². The number of rotatable bonds is 5. The summed E-state index contributed by atoms with van der Waals surface area (Å²) >= 11 is 1.52. The molecule has 2 heterocycles. The lowest BCUT2D eigenvalue weighted by atomic mass is 10.3. The summed E-state index contributed by atoms with van der Waals surface area (Å²) in [6, 6.07) is 9.90. The van der Waals surface area contributed by atoms with E-state index in [1.807, 2.05) is 29.5 Å². The number of nitrogens with one attached hydrogen (secondary N) is 1. The second kappa shape index (κ2) is 7.37. The van der Waals surface area contributed by atoms with E-state index in [9.17, 15) is 13.2 Å². The second-order valence-corrected chi connectivity index (χ2v) is 8.47. The SMILES string of the molecule is CN1CCC/C1=N/S(=O)(=O)c1ccc(NC(=O)Cc2cccs2)cc1. The lowest BCUT2D eigenvalue weighted by Gasteiger charge is -2.11. The molecule has 1 aromatic heterocycles. The molecule has 1 aromatic carbocycles. The molecule has 1 amide bonds. The van der Waals surface area contributed by atoms with E-state index in [-0.39, 0.29) is 10.8 Å². The summed E-state index contributed by atoms with van der Waals surface area (Å²) in [5.74, 6) is 0.458. The molecule has 1 fully saturated rings. The van der Waals surface area contributed by atoms with Crippen LogP contribution in [0.3, 0.4) is 0 Å². The van der Waals surface area contributed by atoms with Crippen molar-refractivity contribution in [2.75, 3.05) is 18.9 Å². The predicted octanol–water partition coefficient (Wildman–Crippen LogP) is 2.74. The average Bonchev–Trinajstić information content (AvgIpc) is 3.20. The van der Waals surface area contributed by atoms with Crippen LogP contribution in [-0.2, 0) is 21.2 Å². The third kappa shape index (κ3) is 4.46. The van der Waals surface area contributed by atoms with Crippen LogP contribution in [-0.4, -0.2) is 38.7 Å². The fourth-order valence-corrected chi connectivity index (χ4v) is 4.38. The van der Waals surface area contributed by atoms with Crippen LogP contribution in [0.15, 0.2) is 51.1 Å². The number of likely N-dealkylation sites (tertiary alicyclic amines) is 1. The molecular weight excluding hydrogens is 358 g/mol. The summed E-state index contributed by atoms with van der Waals surface area (Å²) in [6.07, 6.45) is 1.89. The number of amides is 1. The van der Waals surface area contributed by atoms with E-state index >= 15 is 0 Å². The highest BCUT2D eigenvalue weighted by Crippen LogP contribution is 2.19. The van der Waals surface area contributed by atoms with Crippen LogP contribution in [0.5, 0.6) is 0 Å². The van der Waals surface area contributed by atoms with Gasteiger partial charge in [-0.2, -0.15) is 8.42 Å². The van der Waals surface area contributed by atoms with Gasteiger partial charge < -0.3 is 10.2 Å². The highest BCUT2D eigenvalue weighted by Gasteiger charge is 2.20. The zero-order valence-electron chi connectivity index (χ0n) is 13.8. The third-order valence-corrected chi connectivity index (χ3v) is 6.11. The van der Waals surface area contributed by atoms with Gasteiger partial charge in [-0.15, -0.1) is 15.7 Å². The second-order valence-electron chi connectivity index (χ2n) is 5.84. The molecule has 0 aliphatic carbocycles. The van der Waals surface area contributed by atoms with Crippen molar-refractivity contribution in [3.05, 3.63) is 46.7 Å². The topological polar surface area (TPSA) is 78.8 Å². The van der Waals surface area contributed by atoms with Crippen molar-refractivity contribution in [3.63, 3.8) is 0 Å². The molecule has 2 aromatic rings. The lowest BCUT2D eigenvalue weighted by Crippen LogP contribution is -2.20. The van der Waals surface area contributed by atoms with E-state index < -0.39 is 10.0 Å². The first-order valence-electron chi connectivity index (χ1n) is 7.91. The molecular formula is C17H19N3O3S2. The molecule has 8 heteroatoms. The summed E-state index contributed by atoms with van der Waals surface area (Å²) in [7, 11) is -1.89. The summed E-state index contributed by atoms with van der Waals surface area (Å²) < 4.78 is 28.7. The highest BCUT2D eigenvalue weighted by atomic mass is 32.2. The number of hydrogen-bond acceptors (Lipinski definition) is 4. The number of carbonyl (C=O) groups is 1. The molecule has 0 bridgehead atoms. The molecule has 0 unspecified atom stereocenters. The van der Waals surface area contributed by atoms with E-state index in [0.717, 1.165) is 17.8 Å². The standard InChI is InChI=1S/C17H19N3O3S2/c1-20-10-2-5-16(20)19-25(22,23)15-8-6-13(7-9-15)18-17(21)12-14-4-3-11-24-14/h3-4,6-9,11H,2,5,10,12H2,1H3,(H,18,21)/b19-16-. The van der Waals surface area contributed by atoms with Gasteiger partial charge in [0.1, 0.15) is 5.84 Å². The Balaban J connectivity index is 1.68. The van der Waals surface area contributed by atoms with Crippen LogP contribution < -0.4 is 5.32 Å². The van der Waals surface area contributed by atoms with Gasteiger partial charge in [0.05, 0.1) is 11.3 Å². The molecule has 0 saturated carbocycles. The van der Waals surface area contributed by atoms with Gasteiger partial charge in [-0.25, -0.2) is 0 Å². The number of sulfonamides is 1. The molecule has 132 valence electrons. The lowest BCUT2D eigenvalue weighted by molar-refractivity contribution is -0.115. The van der Waals surface area contributed by atoms with Crippen LogP contribution in [0.4, 0.5) is 5.69 Å². The first-order valence-corrected chi connectivity index (χ1v) is 10.2. The van der Waals surface area contributed by atoms with Gasteiger partial charge in [-0.05, 0) is 42.1 Å². The fourth-order valence-electron chi connectivity index (χ4n) is 2.59. The molecule has 1 N–H and O–H groups in total. The fraction of sp³-hybridized carbons (Fsp3) is 0.294. The molecule has 6 nitrogen and oxygen atoms in total. The molecule has 1 aliphatic rings. The van der Waals surface area contributed by atoms with Gasteiger partial charge in [0, 0.05) is 30.6 Å². The van der Waals surface area contributed by atoms with E-state index in [1.165, 1.54) is 23.5 Å². The molecule has 1 saturated heterocycles. The van der Waals surface area contributed by atoms with Crippen molar-refractivity contribution in [2.24, 2.45) is 4.40 Å². The quantitative estimate of drug-likeness (QED) is 0.869. The molecule has 0 atom stereocenters. The minimum absolute atomic E-state index is 0.122. The minimum Gasteiger partial charge on any atom is -0.362 e. The van der Waals surface area contributed by atoms with Crippen molar-refractivity contribution in [2.45, 2.75) is 24.2 Å². The van der Waals surface area contributed by atoms with Crippen molar-refractivity contribution < 1.29 is 13.2 Å². The largest absolute Gasteiger partial charge is 0.362 e. The number of amidine groups is 1. The smallest absolute Gasteiger partial charge is 0.283 e. The number of benzene rings is 1. The van der Waals surface area contributed by atoms with Crippen molar-refractivity contribution in [1.82, 2.24) is 4.90 Å². The molecule has 25 heavy (non-hydrogen) atoms. The third-order valence-electron chi connectivity index (χ3n) is 3.91. The molecule has 3 rings (SSSR count). The summed E-state index contributed by atoms with van der Waals surface area (Å²) in [6.45, 7) is 0.823. The van der Waals surface area contributed by atoms with Crippen molar-refractivity contribution >= 4 is 38.8 Å². The van der Waals surface area contributed by atoms with Crippen LogP contribution in [0, 0.1) is 0 Å². The van der Waals surface area contributed by atoms with E-state index in [0.29, 0.717) is 24.4 Å². The van der Waals surface area contributed by atoms with E-state index in [4.69, 9.17) is 0 Å². The Labute approximate surface area is 151 Å². The van der Waals surface area contributed by atoms with Gasteiger partial charge in [0.2, 0.25) is 5.91 Å². The molecule has 0 radical (unpaired) electrons. The molecule has 0 spiro atoms. The van der Waals surface area contributed by atoms with Crippen LogP contribution in [0.1, 0.15) is 17.7 Å². The zero-order chi connectivity index (χ0) is 17.9. The van der Waals surface area contributed by atoms with E-state index in [1.54, 1.807) is 12.1 Å². The Morgan fingerprint density at radius 2 is 2.04 bits per heavy atom. The normalized spacial score (nSPS) is 16.4. The molecule has 1 aliphatic heterocycles. The van der Waals surface area contributed by atoms with Gasteiger partial charge in [0.25, 0.3) is 10.0 Å². The van der Waals surface area contributed by atoms with Crippen LogP contribution in [0.2, 0.25) is 0 Å². The highest BCUT2D eigenvalue weighted by molar-refractivity contribution is 7.90. The zero-order valence-corrected chi connectivity index (χ0v) is 15.4. The average molecular weight is 377 g/mol. The Hall–Kier alpha value is -2.19. The summed E-state index contributed by atoms with van der Waals surface area (Å²) in [5, 5.41) is 4.69. The van der Waals surface area contributed by atoms with Gasteiger partial charge in [0.15, 0.2) is 0 Å². The van der Waals surface area contributed by atoms with Crippen LogP contribution in [0.25, 0.3) is 0 Å². The summed E-state index contributed by atoms with van der Waals surface area (Å²) in [5.41, 5.74) is 0.561. The number of anilines is 1. The maximum absolute atomic E-state index is 12.4. The van der Waals surface area contributed by atoms with E-state index in [2.05, 4.69) is 9.71 Å². The minimum atomic E-state index is -3.73. The number of nitrogens with zero attached hydrogens (tertiary/aromatic N) is 2.